The van der Waals surface area contributed by atoms with E-state index in [1.54, 1.807) is 14.0 Å². The van der Waals surface area contributed by atoms with E-state index in [0.717, 1.165) is 24.0 Å². The van der Waals surface area contributed by atoms with Crippen LogP contribution in [0.1, 0.15) is 82.5 Å². The molecule has 10 heteroatoms. The van der Waals surface area contributed by atoms with Gasteiger partial charge in [-0.05, 0) is 74.1 Å². The topological polar surface area (TPSA) is 120 Å². The molecular formula is C32H47N5O5. The molecule has 3 N–H and O–H groups in total. The van der Waals surface area contributed by atoms with Crippen molar-refractivity contribution in [1.29, 1.82) is 0 Å². The lowest BCUT2D eigenvalue weighted by Crippen LogP contribution is -2.62. The van der Waals surface area contributed by atoms with E-state index >= 15 is 0 Å². The van der Waals surface area contributed by atoms with Gasteiger partial charge in [-0.15, -0.1) is 0 Å². The van der Waals surface area contributed by atoms with E-state index in [2.05, 4.69) is 46.4 Å². The smallest absolute Gasteiger partial charge is 0.258 e. The number of rotatable bonds is 2. The van der Waals surface area contributed by atoms with Crippen molar-refractivity contribution in [2.75, 3.05) is 20.7 Å². The average molecular weight is 582 g/mol. The van der Waals surface area contributed by atoms with Crippen LogP contribution in [0.25, 0.3) is 6.08 Å². The van der Waals surface area contributed by atoms with Gasteiger partial charge in [0.05, 0.1) is 18.1 Å². The number of hydrogen-bond acceptors (Lipinski definition) is 6. The van der Waals surface area contributed by atoms with Crippen LogP contribution in [0.4, 0.5) is 0 Å². The van der Waals surface area contributed by atoms with Gasteiger partial charge in [0.15, 0.2) is 0 Å². The van der Waals surface area contributed by atoms with E-state index in [4.69, 9.17) is 4.74 Å². The van der Waals surface area contributed by atoms with Gasteiger partial charge < -0.3 is 20.3 Å². The van der Waals surface area contributed by atoms with Crippen molar-refractivity contribution in [2.45, 2.75) is 96.5 Å². The molecule has 0 radical (unpaired) electrons. The van der Waals surface area contributed by atoms with Gasteiger partial charge in [-0.2, -0.15) is 0 Å². The van der Waals surface area contributed by atoms with Crippen molar-refractivity contribution in [3.05, 3.63) is 41.0 Å². The summed E-state index contributed by atoms with van der Waals surface area (Å²) >= 11 is 0. The lowest BCUT2D eigenvalue weighted by Gasteiger charge is -2.37. The highest BCUT2D eigenvalue weighted by Crippen LogP contribution is 2.36. The zero-order valence-corrected chi connectivity index (χ0v) is 25.8. The monoisotopic (exact) mass is 581 g/mol. The van der Waals surface area contributed by atoms with E-state index in [9.17, 15) is 19.2 Å². The number of aryl methyl sites for hydroxylation is 1. The third kappa shape index (κ3) is 7.03. The minimum Gasteiger partial charge on any atom is -0.381 e. The van der Waals surface area contributed by atoms with E-state index in [0.29, 0.717) is 32.2 Å². The summed E-state index contributed by atoms with van der Waals surface area (Å²) in [5.74, 6) is -1.74. The van der Waals surface area contributed by atoms with Gasteiger partial charge in [0, 0.05) is 20.7 Å². The minimum absolute atomic E-state index is 0.0324. The summed E-state index contributed by atoms with van der Waals surface area (Å²) in [6.07, 6.45) is 8.25. The van der Waals surface area contributed by atoms with E-state index in [1.807, 2.05) is 32.7 Å². The molecule has 0 saturated carbocycles. The predicted octanol–water partition coefficient (Wildman–Crippen LogP) is 2.73. The number of carbonyl (C=O) groups is 4. The highest BCUT2D eigenvalue weighted by Gasteiger charge is 2.37. The second-order valence-electron chi connectivity index (χ2n) is 12.3. The summed E-state index contributed by atoms with van der Waals surface area (Å²) in [6, 6.07) is 4.20. The Morgan fingerprint density at radius 2 is 1.74 bits per heavy atom. The van der Waals surface area contributed by atoms with Gasteiger partial charge in [0.2, 0.25) is 17.7 Å². The van der Waals surface area contributed by atoms with Crippen LogP contribution in [-0.4, -0.2) is 78.5 Å². The number of nitrogens with one attached hydrogen (secondary N) is 3. The van der Waals surface area contributed by atoms with Gasteiger partial charge >= 0.3 is 0 Å². The van der Waals surface area contributed by atoms with E-state index in [-0.39, 0.29) is 35.8 Å². The van der Waals surface area contributed by atoms with E-state index in [1.165, 1.54) is 10.6 Å². The number of hydrazine groups is 1. The molecule has 4 bridgehead atoms. The van der Waals surface area contributed by atoms with Crippen molar-refractivity contribution < 1.29 is 23.9 Å². The predicted molar refractivity (Wildman–Crippen MR) is 161 cm³/mol. The molecule has 1 fully saturated rings. The maximum Gasteiger partial charge on any atom is 0.258 e. The summed E-state index contributed by atoms with van der Waals surface area (Å²) < 4.78 is 5.68. The molecule has 0 spiro atoms. The number of ether oxygens (including phenoxy) is 1. The van der Waals surface area contributed by atoms with Crippen LogP contribution >= 0.6 is 0 Å². The largest absolute Gasteiger partial charge is 0.381 e. The summed E-state index contributed by atoms with van der Waals surface area (Å²) in [5, 5.41) is 7.13. The average Bonchev–Trinajstić information content (AvgIpc) is 3.41. The molecule has 1 aliphatic carbocycles. The Labute approximate surface area is 249 Å². The summed E-state index contributed by atoms with van der Waals surface area (Å²) in [5.41, 5.74) is 6.62. The molecule has 4 rings (SSSR count). The Bertz CT molecular complexity index is 1200. The van der Waals surface area contributed by atoms with Crippen molar-refractivity contribution >= 4 is 29.7 Å². The van der Waals surface area contributed by atoms with Crippen LogP contribution in [-0.2, 0) is 30.3 Å². The van der Waals surface area contributed by atoms with Gasteiger partial charge in [0.25, 0.3) is 5.91 Å². The Morgan fingerprint density at radius 1 is 0.976 bits per heavy atom. The third-order valence-electron chi connectivity index (χ3n) is 8.96. The molecule has 1 saturated heterocycles. The maximum atomic E-state index is 13.7. The number of allylic oxidation sites excluding steroid dienone is 1. The highest BCUT2D eigenvalue weighted by molar-refractivity contribution is 5.92. The summed E-state index contributed by atoms with van der Waals surface area (Å²) in [4.78, 5) is 55.3. The van der Waals surface area contributed by atoms with Crippen LogP contribution in [0.5, 0.6) is 0 Å². The van der Waals surface area contributed by atoms with Crippen molar-refractivity contribution in [3.8, 4) is 0 Å². The van der Waals surface area contributed by atoms with Crippen LogP contribution in [0.15, 0.2) is 24.3 Å². The molecule has 2 aliphatic heterocycles. The Kier molecular flexibility index (Phi) is 10.4. The number of carbonyl (C=O) groups excluding carboxylic acids is 4. The zero-order chi connectivity index (χ0) is 30.6. The molecule has 2 heterocycles. The van der Waals surface area contributed by atoms with Crippen molar-refractivity contribution in [3.63, 3.8) is 0 Å². The fourth-order valence-electron chi connectivity index (χ4n) is 6.27. The summed E-state index contributed by atoms with van der Waals surface area (Å²) in [6.45, 7) is 7.58. The Balaban J connectivity index is 1.62. The Morgan fingerprint density at radius 3 is 2.45 bits per heavy atom. The quantitative estimate of drug-likeness (QED) is 0.494. The lowest BCUT2D eigenvalue weighted by molar-refractivity contribution is -0.146. The Hall–Kier alpha value is -3.24. The van der Waals surface area contributed by atoms with Crippen LogP contribution < -0.4 is 16.1 Å². The number of benzene rings is 1. The third-order valence-corrected chi connectivity index (χ3v) is 8.96. The van der Waals surface area contributed by atoms with Gasteiger partial charge in [-0.1, -0.05) is 45.1 Å². The van der Waals surface area contributed by atoms with Crippen molar-refractivity contribution in [1.82, 2.24) is 26.0 Å². The van der Waals surface area contributed by atoms with Crippen molar-refractivity contribution in [2.24, 2.45) is 11.8 Å². The number of likely N-dealkylation sites (N-methyl/N-ethyl adjacent to an activating group) is 1. The second-order valence-corrected chi connectivity index (χ2v) is 12.3. The molecule has 0 aromatic heterocycles. The number of amides is 4. The number of nitrogens with zero attached hydrogens (tertiary/aromatic N) is 2. The molecule has 10 nitrogen and oxygen atoms in total. The zero-order valence-electron chi connectivity index (χ0n) is 25.8. The molecule has 0 unspecified atom stereocenters. The van der Waals surface area contributed by atoms with Gasteiger partial charge in [-0.25, -0.2) is 5.43 Å². The molecule has 42 heavy (non-hydrogen) atoms. The molecular weight excluding hydrogens is 534 g/mol. The van der Waals surface area contributed by atoms with Gasteiger partial charge in [-0.3, -0.25) is 24.2 Å². The second kappa shape index (κ2) is 13.8. The molecule has 6 atom stereocenters. The van der Waals surface area contributed by atoms with E-state index < -0.39 is 30.0 Å². The lowest BCUT2D eigenvalue weighted by atomic mass is 9.96. The first kappa shape index (κ1) is 31.7. The summed E-state index contributed by atoms with van der Waals surface area (Å²) in [7, 11) is 3.44. The standard InChI is InChI=1S/C32H47N5O5/c1-19(2)28-30(39)33-21(4)31(40)37-17-9-11-25(35-37)32(41)36(5)26-16-15-23-14-13-22(18-24(23)26)10-7-8-12-27(42-6)20(3)29(38)34-28/h7,10,13-14,18-21,25-28,35H,8-9,11-12,15-17H2,1-6H3,(H,33,39)(H,34,38)/b10-7+/t20-,21-,25+,26-,27-,28+/m1/s1. The fraction of sp³-hybridized carbons (Fsp3) is 0.625. The molecule has 1 aromatic carbocycles. The first-order valence-corrected chi connectivity index (χ1v) is 15.3. The molecule has 3 aliphatic rings. The molecule has 1 aromatic rings. The SMILES string of the molecule is CO[C@@H]1CC/C=C/c2ccc3c(c2)[C@@H](CC3)N(C)C(=O)[C@@H]2CCCN(N2)C(=O)[C@@H](C)NC(=O)[C@H](C(C)C)NC(=O)[C@@H]1C. The number of methoxy groups -OCH3 is 1. The molecule has 230 valence electrons. The number of hydrogen-bond donors (Lipinski definition) is 3. The maximum absolute atomic E-state index is 13.7. The highest BCUT2D eigenvalue weighted by atomic mass is 16.5. The van der Waals surface area contributed by atoms with Crippen LogP contribution in [0, 0.1) is 11.8 Å². The minimum atomic E-state index is -0.844. The van der Waals surface area contributed by atoms with Crippen LogP contribution in [0.3, 0.4) is 0 Å². The van der Waals surface area contributed by atoms with Gasteiger partial charge in [0.1, 0.15) is 18.1 Å². The number of fused-ring (bicyclic) bond motifs is 3. The first-order chi connectivity index (χ1) is 20.0. The normalized spacial score (nSPS) is 30.8. The van der Waals surface area contributed by atoms with Crippen LogP contribution in [0.2, 0.25) is 0 Å². The fourth-order valence-corrected chi connectivity index (χ4v) is 6.27. The first-order valence-electron chi connectivity index (χ1n) is 15.3. The molecule has 4 amide bonds.